The second kappa shape index (κ2) is 5.33. The van der Waals surface area contributed by atoms with Crippen LogP contribution in [0.1, 0.15) is 17.7 Å². The minimum atomic E-state index is -1.30. The average molecular weight is 329 g/mol. The van der Waals surface area contributed by atoms with Crippen LogP contribution in [0.5, 0.6) is 5.75 Å². The van der Waals surface area contributed by atoms with Gasteiger partial charge in [0.05, 0.1) is 12.5 Å². The maximum atomic E-state index is 11.2. The first-order chi connectivity index (χ1) is 11.2. The van der Waals surface area contributed by atoms with Crippen molar-refractivity contribution in [3.8, 4) is 5.75 Å². The highest BCUT2D eigenvalue weighted by Gasteiger charge is 2.44. The zero-order chi connectivity index (χ0) is 15.9. The molecule has 1 aromatic carbocycles. The Labute approximate surface area is 137 Å². The average Bonchev–Trinajstić information content (AvgIpc) is 3.06. The van der Waals surface area contributed by atoms with Crippen LogP contribution in [-0.4, -0.2) is 5.11 Å². The third kappa shape index (κ3) is 2.36. The van der Waals surface area contributed by atoms with Crippen LogP contribution in [0.3, 0.4) is 0 Å². The van der Waals surface area contributed by atoms with Gasteiger partial charge in [0.2, 0.25) is 0 Å². The van der Waals surface area contributed by atoms with Crippen LogP contribution in [0.2, 0.25) is 5.02 Å². The molecule has 0 saturated carbocycles. The van der Waals surface area contributed by atoms with Gasteiger partial charge in [0.15, 0.2) is 17.1 Å². The zero-order valence-corrected chi connectivity index (χ0v) is 12.8. The van der Waals surface area contributed by atoms with Crippen LogP contribution in [0.25, 0.3) is 6.08 Å². The molecule has 0 fully saturated rings. The van der Waals surface area contributed by atoms with Gasteiger partial charge in [-0.15, -0.1) is 0 Å². The molecule has 1 N–H and O–H groups in total. The van der Waals surface area contributed by atoms with E-state index in [2.05, 4.69) is 0 Å². The van der Waals surface area contributed by atoms with E-state index in [-0.39, 0.29) is 0 Å². The molecule has 2 aliphatic heterocycles. The lowest BCUT2D eigenvalue weighted by atomic mass is 9.84. The number of fused-ring (bicyclic) bond motifs is 3. The SMILES string of the molecule is OC12CC=COC1=C(/C=C/c1ccco1)Oc1ccc(Cl)cc12. The number of furan rings is 1. The Morgan fingerprint density at radius 1 is 1.22 bits per heavy atom. The second-order valence-electron chi connectivity index (χ2n) is 5.34. The Balaban J connectivity index is 1.83. The maximum absolute atomic E-state index is 11.2. The minimum Gasteiger partial charge on any atom is -0.465 e. The Morgan fingerprint density at radius 2 is 2.13 bits per heavy atom. The van der Waals surface area contributed by atoms with Crippen molar-refractivity contribution in [1.29, 1.82) is 0 Å². The van der Waals surface area contributed by atoms with E-state index in [1.807, 2.05) is 6.07 Å². The highest BCUT2D eigenvalue weighted by molar-refractivity contribution is 6.30. The minimum absolute atomic E-state index is 0.345. The summed E-state index contributed by atoms with van der Waals surface area (Å²) in [6.07, 6.45) is 8.77. The molecule has 1 atom stereocenters. The fraction of sp³-hybridized carbons (Fsp3) is 0.111. The van der Waals surface area contributed by atoms with Gasteiger partial charge in [-0.1, -0.05) is 11.6 Å². The van der Waals surface area contributed by atoms with Crippen LogP contribution < -0.4 is 4.74 Å². The number of rotatable bonds is 2. The van der Waals surface area contributed by atoms with Crippen molar-refractivity contribution in [3.05, 3.63) is 82.9 Å². The highest BCUT2D eigenvalue weighted by atomic mass is 35.5. The number of ether oxygens (including phenoxy) is 2. The standard InChI is InChI=1S/C18H13ClO4/c19-12-4-6-15-14(11-12)18(20)8-2-10-22-17(18)16(23-15)7-5-13-3-1-9-21-13/h1-7,9-11,20H,8H2/b7-5+. The van der Waals surface area contributed by atoms with Gasteiger partial charge < -0.3 is 19.0 Å². The first-order valence-corrected chi connectivity index (χ1v) is 7.53. The van der Waals surface area contributed by atoms with Crippen LogP contribution in [0.4, 0.5) is 0 Å². The van der Waals surface area contributed by atoms with E-state index in [1.54, 1.807) is 55.0 Å². The monoisotopic (exact) mass is 328 g/mol. The van der Waals surface area contributed by atoms with E-state index in [0.717, 1.165) is 0 Å². The number of hydrogen-bond donors (Lipinski definition) is 1. The normalized spacial score (nSPS) is 22.5. The molecule has 0 radical (unpaired) electrons. The van der Waals surface area contributed by atoms with E-state index < -0.39 is 5.60 Å². The zero-order valence-electron chi connectivity index (χ0n) is 12.0. The summed E-state index contributed by atoms with van der Waals surface area (Å²) in [5, 5.41) is 11.7. The molecule has 4 nitrogen and oxygen atoms in total. The lowest BCUT2D eigenvalue weighted by Crippen LogP contribution is -2.35. The fourth-order valence-electron chi connectivity index (χ4n) is 2.75. The largest absolute Gasteiger partial charge is 0.465 e. The quantitative estimate of drug-likeness (QED) is 0.889. The van der Waals surface area contributed by atoms with E-state index in [0.29, 0.717) is 40.0 Å². The van der Waals surface area contributed by atoms with Crippen LogP contribution in [0, 0.1) is 0 Å². The molecule has 0 spiro atoms. The molecular formula is C18H13ClO4. The van der Waals surface area contributed by atoms with Crippen molar-refractivity contribution in [2.75, 3.05) is 0 Å². The molecule has 2 aliphatic rings. The molecule has 116 valence electrons. The van der Waals surface area contributed by atoms with E-state index in [9.17, 15) is 5.11 Å². The van der Waals surface area contributed by atoms with Crippen molar-refractivity contribution < 1.29 is 19.0 Å². The van der Waals surface area contributed by atoms with E-state index in [4.69, 9.17) is 25.5 Å². The van der Waals surface area contributed by atoms with Gasteiger partial charge in [0.1, 0.15) is 11.5 Å². The van der Waals surface area contributed by atoms with Gasteiger partial charge in [0, 0.05) is 17.0 Å². The van der Waals surface area contributed by atoms with Crippen molar-refractivity contribution in [1.82, 2.24) is 0 Å². The van der Waals surface area contributed by atoms with Gasteiger partial charge in [-0.3, -0.25) is 0 Å². The lowest BCUT2D eigenvalue weighted by molar-refractivity contribution is 0.00482. The van der Waals surface area contributed by atoms with Gasteiger partial charge in [-0.2, -0.15) is 0 Å². The maximum Gasteiger partial charge on any atom is 0.182 e. The first-order valence-electron chi connectivity index (χ1n) is 7.15. The van der Waals surface area contributed by atoms with E-state index >= 15 is 0 Å². The first kappa shape index (κ1) is 14.2. The van der Waals surface area contributed by atoms with Crippen molar-refractivity contribution in [3.63, 3.8) is 0 Å². The summed E-state index contributed by atoms with van der Waals surface area (Å²) in [6, 6.07) is 8.79. The molecular weight excluding hydrogens is 316 g/mol. The molecule has 0 amide bonds. The molecule has 2 aromatic rings. The summed E-state index contributed by atoms with van der Waals surface area (Å²) in [5.74, 6) is 2.01. The molecule has 5 heteroatoms. The number of aliphatic hydroxyl groups is 1. The summed E-state index contributed by atoms with van der Waals surface area (Å²) in [4.78, 5) is 0. The fourth-order valence-corrected chi connectivity index (χ4v) is 2.92. The predicted molar refractivity (Wildman–Crippen MR) is 85.6 cm³/mol. The Kier molecular flexibility index (Phi) is 3.29. The molecule has 3 heterocycles. The van der Waals surface area contributed by atoms with Gasteiger partial charge in [-0.05, 0) is 48.6 Å². The van der Waals surface area contributed by atoms with Crippen LogP contribution >= 0.6 is 11.6 Å². The van der Waals surface area contributed by atoms with E-state index in [1.165, 1.54) is 0 Å². The second-order valence-corrected chi connectivity index (χ2v) is 5.78. The highest BCUT2D eigenvalue weighted by Crippen LogP contribution is 2.47. The Hall–Kier alpha value is -2.43. The van der Waals surface area contributed by atoms with Crippen LogP contribution in [-0.2, 0) is 10.3 Å². The molecule has 0 saturated heterocycles. The Morgan fingerprint density at radius 3 is 2.96 bits per heavy atom. The number of allylic oxidation sites excluding steroid dienone is 1. The molecule has 0 aliphatic carbocycles. The summed E-state index contributed by atoms with van der Waals surface area (Å²) >= 11 is 6.07. The molecule has 1 aromatic heterocycles. The summed E-state index contributed by atoms with van der Waals surface area (Å²) < 4.78 is 16.7. The molecule has 0 bridgehead atoms. The number of benzene rings is 1. The smallest absolute Gasteiger partial charge is 0.182 e. The molecule has 4 rings (SSSR count). The molecule has 23 heavy (non-hydrogen) atoms. The van der Waals surface area contributed by atoms with Crippen LogP contribution in [0.15, 0.2) is 70.9 Å². The van der Waals surface area contributed by atoms with Gasteiger partial charge in [-0.25, -0.2) is 0 Å². The lowest BCUT2D eigenvalue weighted by Gasteiger charge is -2.37. The van der Waals surface area contributed by atoms with Crippen molar-refractivity contribution in [2.24, 2.45) is 0 Å². The summed E-state index contributed by atoms with van der Waals surface area (Å²) in [5.41, 5.74) is -0.699. The molecule has 1 unspecified atom stereocenters. The summed E-state index contributed by atoms with van der Waals surface area (Å²) in [6.45, 7) is 0. The van der Waals surface area contributed by atoms with Gasteiger partial charge in [0.25, 0.3) is 0 Å². The van der Waals surface area contributed by atoms with Crippen molar-refractivity contribution in [2.45, 2.75) is 12.0 Å². The topological polar surface area (TPSA) is 51.8 Å². The number of hydrogen-bond acceptors (Lipinski definition) is 4. The number of halogens is 1. The van der Waals surface area contributed by atoms with Gasteiger partial charge >= 0.3 is 0 Å². The Bertz CT molecular complexity index is 833. The predicted octanol–water partition coefficient (Wildman–Crippen LogP) is 4.37. The third-order valence-corrected chi connectivity index (χ3v) is 4.08. The third-order valence-electron chi connectivity index (χ3n) is 3.84. The summed E-state index contributed by atoms with van der Waals surface area (Å²) in [7, 11) is 0. The van der Waals surface area contributed by atoms with Crippen molar-refractivity contribution >= 4 is 17.7 Å².